The molecule has 8 nitrogen and oxygen atoms in total. The van der Waals surface area contributed by atoms with Crippen molar-refractivity contribution in [2.75, 3.05) is 5.32 Å². The minimum Gasteiger partial charge on any atom is -0.326 e. The summed E-state index contributed by atoms with van der Waals surface area (Å²) in [6, 6.07) is 7.37. The molecule has 0 saturated heterocycles. The lowest BCUT2D eigenvalue weighted by atomic mass is 10.0. The molecule has 0 unspecified atom stereocenters. The Labute approximate surface area is 153 Å². The molecule has 0 atom stereocenters. The Kier molecular flexibility index (Phi) is 4.18. The van der Waals surface area contributed by atoms with Gasteiger partial charge in [0.2, 0.25) is 5.91 Å². The van der Waals surface area contributed by atoms with E-state index in [1.165, 1.54) is 0 Å². The summed E-state index contributed by atoms with van der Waals surface area (Å²) in [7, 11) is 0. The van der Waals surface area contributed by atoms with E-state index >= 15 is 0 Å². The predicted molar refractivity (Wildman–Crippen MR) is 96.8 cm³/mol. The van der Waals surface area contributed by atoms with Gasteiger partial charge in [-0.05, 0) is 30.7 Å². The van der Waals surface area contributed by atoms with E-state index in [1.54, 1.807) is 18.3 Å². The van der Waals surface area contributed by atoms with Gasteiger partial charge in [-0.3, -0.25) is 4.79 Å². The molecule has 130 valence electrons. The summed E-state index contributed by atoms with van der Waals surface area (Å²) >= 11 is 6.36. The first-order valence-corrected chi connectivity index (χ1v) is 8.31. The van der Waals surface area contributed by atoms with Crippen LogP contribution >= 0.6 is 11.6 Å². The van der Waals surface area contributed by atoms with Crippen molar-refractivity contribution in [1.29, 1.82) is 0 Å². The Morgan fingerprint density at radius 3 is 3.04 bits per heavy atom. The van der Waals surface area contributed by atoms with Gasteiger partial charge in [-0.2, -0.15) is 5.21 Å². The van der Waals surface area contributed by atoms with E-state index in [0.717, 1.165) is 22.4 Å². The number of nitrogens with zero attached hydrogens (tertiary/aromatic N) is 5. The molecule has 1 amide bonds. The molecule has 1 aromatic carbocycles. The van der Waals surface area contributed by atoms with Crippen LogP contribution in [0, 0.1) is 6.92 Å². The highest BCUT2D eigenvalue weighted by Crippen LogP contribution is 2.31. The third-order valence-corrected chi connectivity index (χ3v) is 4.28. The van der Waals surface area contributed by atoms with Gasteiger partial charge in [0.05, 0.1) is 12.1 Å². The van der Waals surface area contributed by atoms with Crippen LogP contribution < -0.4 is 5.32 Å². The number of nitrogens with one attached hydrogen (secondary N) is 2. The zero-order valence-electron chi connectivity index (χ0n) is 13.8. The molecule has 2 N–H and O–H groups in total. The number of halogens is 1. The van der Waals surface area contributed by atoms with Crippen molar-refractivity contribution in [3.8, 4) is 0 Å². The molecule has 3 aromatic rings. The lowest BCUT2D eigenvalue weighted by Gasteiger charge is -2.09. The second-order valence-electron chi connectivity index (χ2n) is 5.98. The molecule has 26 heavy (non-hydrogen) atoms. The van der Waals surface area contributed by atoms with E-state index in [2.05, 4.69) is 42.0 Å². The Balaban J connectivity index is 1.55. The molecule has 0 aliphatic carbocycles. The van der Waals surface area contributed by atoms with Crippen molar-refractivity contribution in [1.82, 2.24) is 25.6 Å². The first kappa shape index (κ1) is 16.3. The SMILES string of the molecule is Cc1cnc2c(c1)CC(c1cc(NC(=O)Cc3nn[nH]n3)ccc1Cl)=N2. The molecule has 2 aromatic heterocycles. The molecule has 9 heteroatoms. The van der Waals surface area contributed by atoms with E-state index in [9.17, 15) is 4.79 Å². The van der Waals surface area contributed by atoms with Crippen LogP contribution in [0.3, 0.4) is 0 Å². The van der Waals surface area contributed by atoms with E-state index in [-0.39, 0.29) is 12.3 Å². The number of aliphatic imine (C=N–C) groups is 1. The Morgan fingerprint density at radius 1 is 1.35 bits per heavy atom. The molecule has 1 aliphatic rings. The topological polar surface area (TPSA) is 109 Å². The average Bonchev–Trinajstić information content (AvgIpc) is 3.25. The number of anilines is 1. The predicted octanol–water partition coefficient (Wildman–Crippen LogP) is 2.41. The molecule has 1 aliphatic heterocycles. The summed E-state index contributed by atoms with van der Waals surface area (Å²) in [6.07, 6.45) is 2.48. The number of tetrazole rings is 1. The van der Waals surface area contributed by atoms with Gasteiger partial charge < -0.3 is 5.32 Å². The van der Waals surface area contributed by atoms with Crippen molar-refractivity contribution in [2.45, 2.75) is 19.8 Å². The summed E-state index contributed by atoms with van der Waals surface area (Å²) < 4.78 is 0. The van der Waals surface area contributed by atoms with Crippen LogP contribution in [0.2, 0.25) is 5.02 Å². The van der Waals surface area contributed by atoms with Crippen LogP contribution in [0.25, 0.3) is 0 Å². The summed E-state index contributed by atoms with van der Waals surface area (Å²) in [5, 5.41) is 16.7. The van der Waals surface area contributed by atoms with E-state index in [1.807, 2.05) is 13.0 Å². The normalized spacial score (nSPS) is 12.6. The molecule has 0 spiro atoms. The maximum atomic E-state index is 12.1. The minimum atomic E-state index is -0.242. The number of carbonyl (C=O) groups is 1. The molecule has 0 bridgehead atoms. The number of hydrogen-bond acceptors (Lipinski definition) is 6. The third-order valence-electron chi connectivity index (χ3n) is 3.95. The zero-order valence-corrected chi connectivity index (χ0v) is 14.6. The number of pyridine rings is 1. The first-order valence-electron chi connectivity index (χ1n) is 7.93. The molecule has 0 radical (unpaired) electrons. The second kappa shape index (κ2) is 6.64. The van der Waals surface area contributed by atoms with Crippen molar-refractivity contribution in [3.63, 3.8) is 0 Å². The van der Waals surface area contributed by atoms with Crippen molar-refractivity contribution in [3.05, 3.63) is 58.0 Å². The number of benzene rings is 1. The average molecular weight is 368 g/mol. The van der Waals surface area contributed by atoms with Crippen LogP contribution in [-0.2, 0) is 17.6 Å². The largest absolute Gasteiger partial charge is 0.326 e. The quantitative estimate of drug-likeness (QED) is 0.736. The summed E-state index contributed by atoms with van der Waals surface area (Å²) in [5.41, 5.74) is 4.40. The lowest BCUT2D eigenvalue weighted by Crippen LogP contribution is -2.15. The number of carbonyl (C=O) groups excluding carboxylic acids is 1. The van der Waals surface area contributed by atoms with Crippen LogP contribution in [-0.4, -0.2) is 37.2 Å². The van der Waals surface area contributed by atoms with Gasteiger partial charge in [-0.25, -0.2) is 9.98 Å². The fourth-order valence-electron chi connectivity index (χ4n) is 2.79. The highest BCUT2D eigenvalue weighted by atomic mass is 35.5. The Morgan fingerprint density at radius 2 is 2.23 bits per heavy atom. The molecule has 0 saturated carbocycles. The van der Waals surface area contributed by atoms with E-state index in [0.29, 0.717) is 28.8 Å². The van der Waals surface area contributed by atoms with Gasteiger partial charge >= 0.3 is 0 Å². The van der Waals surface area contributed by atoms with Crippen LogP contribution in [0.15, 0.2) is 35.5 Å². The molecule has 4 rings (SSSR count). The van der Waals surface area contributed by atoms with Crippen LogP contribution in [0.1, 0.15) is 22.5 Å². The maximum Gasteiger partial charge on any atom is 0.232 e. The number of hydrogen-bond donors (Lipinski definition) is 2. The second-order valence-corrected chi connectivity index (χ2v) is 6.39. The van der Waals surface area contributed by atoms with Crippen molar-refractivity contribution >= 4 is 34.7 Å². The number of H-pyrrole nitrogens is 1. The Bertz CT molecular complexity index is 1010. The van der Waals surface area contributed by atoms with Crippen LogP contribution in [0.4, 0.5) is 11.5 Å². The number of fused-ring (bicyclic) bond motifs is 1. The maximum absolute atomic E-state index is 12.1. The van der Waals surface area contributed by atoms with Gasteiger partial charge in [-0.1, -0.05) is 22.9 Å². The highest BCUT2D eigenvalue weighted by molar-refractivity contribution is 6.34. The standard InChI is InChI=1S/C17H14ClN7O/c1-9-4-10-5-14(21-17(10)19-8-9)12-6-11(2-3-13(12)18)20-16(26)7-15-22-24-25-23-15/h2-4,6,8H,5,7H2,1H3,(H,20,26)(H,22,23,24,25). The van der Waals surface area contributed by atoms with Gasteiger partial charge in [0.15, 0.2) is 11.6 Å². The number of aromatic amines is 1. The smallest absolute Gasteiger partial charge is 0.232 e. The molecular formula is C17H14ClN7O. The lowest BCUT2D eigenvalue weighted by molar-refractivity contribution is -0.115. The fourth-order valence-corrected chi connectivity index (χ4v) is 3.01. The number of aromatic nitrogens is 5. The molecule has 0 fully saturated rings. The van der Waals surface area contributed by atoms with E-state index in [4.69, 9.17) is 11.6 Å². The van der Waals surface area contributed by atoms with E-state index < -0.39 is 0 Å². The third kappa shape index (κ3) is 3.31. The monoisotopic (exact) mass is 367 g/mol. The number of aryl methyl sites for hydroxylation is 1. The molecular weight excluding hydrogens is 354 g/mol. The summed E-state index contributed by atoms with van der Waals surface area (Å²) in [5.74, 6) is 0.801. The zero-order chi connectivity index (χ0) is 18.1. The first-order chi connectivity index (χ1) is 12.6. The number of amides is 1. The van der Waals surface area contributed by atoms with Gasteiger partial charge in [0.1, 0.15) is 0 Å². The van der Waals surface area contributed by atoms with Crippen molar-refractivity contribution < 1.29 is 4.79 Å². The Hall–Kier alpha value is -3.13. The van der Waals surface area contributed by atoms with Gasteiger partial charge in [-0.15, -0.1) is 10.2 Å². The van der Waals surface area contributed by atoms with Gasteiger partial charge in [0, 0.05) is 34.5 Å². The summed E-state index contributed by atoms with van der Waals surface area (Å²) in [6.45, 7) is 2.00. The van der Waals surface area contributed by atoms with Crippen molar-refractivity contribution in [2.24, 2.45) is 4.99 Å². The van der Waals surface area contributed by atoms with Crippen LogP contribution in [0.5, 0.6) is 0 Å². The highest BCUT2D eigenvalue weighted by Gasteiger charge is 2.20. The van der Waals surface area contributed by atoms with Gasteiger partial charge in [0.25, 0.3) is 0 Å². The number of rotatable bonds is 4. The summed E-state index contributed by atoms with van der Waals surface area (Å²) in [4.78, 5) is 21.0. The fraction of sp³-hybridized carbons (Fsp3) is 0.176. The molecule has 3 heterocycles. The minimum absolute atomic E-state index is 0.0318.